The van der Waals surface area contributed by atoms with Crippen molar-refractivity contribution in [1.82, 2.24) is 10.3 Å². The van der Waals surface area contributed by atoms with Crippen molar-refractivity contribution < 1.29 is 27.4 Å². The molecule has 6 nitrogen and oxygen atoms in total. The molecule has 1 N–H and O–H groups in total. The van der Waals surface area contributed by atoms with Crippen molar-refractivity contribution in [3.8, 4) is 0 Å². The van der Waals surface area contributed by atoms with Crippen molar-refractivity contribution in [2.45, 2.75) is 30.2 Å². The number of hydrogen-bond donors (Lipinski definition) is 1. The maximum atomic E-state index is 13.3. The van der Waals surface area contributed by atoms with E-state index >= 15 is 0 Å². The molecule has 3 aliphatic rings. The minimum atomic E-state index is -4.57. The summed E-state index contributed by atoms with van der Waals surface area (Å²) in [6, 6.07) is 0.859. The smallest absolute Gasteiger partial charge is 0.420 e. The topological polar surface area (TPSA) is 63.7 Å². The van der Waals surface area contributed by atoms with Crippen LogP contribution in [-0.4, -0.2) is 48.5 Å². The van der Waals surface area contributed by atoms with E-state index in [4.69, 9.17) is 21.1 Å². The molecule has 1 aromatic rings. The Bertz CT molecular complexity index is 716. The van der Waals surface area contributed by atoms with Gasteiger partial charge in [-0.3, -0.25) is 0 Å². The second kappa shape index (κ2) is 5.38. The highest BCUT2D eigenvalue weighted by Gasteiger charge is 2.67. The van der Waals surface area contributed by atoms with Crippen LogP contribution in [0.1, 0.15) is 18.4 Å². The van der Waals surface area contributed by atoms with E-state index in [1.807, 2.05) is 0 Å². The molecular weight excluding hydrogens is 363 g/mol. The summed E-state index contributed by atoms with van der Waals surface area (Å²) in [6.07, 6.45) is -2.81. The number of anilines is 1. The zero-order valence-corrected chi connectivity index (χ0v) is 13.8. The van der Waals surface area contributed by atoms with Gasteiger partial charge in [0.2, 0.25) is 0 Å². The molecular formula is C15H15ClF3N3O3. The number of nitrogens with one attached hydrogen (secondary N) is 1. The lowest BCUT2D eigenvalue weighted by Crippen LogP contribution is -2.75. The summed E-state index contributed by atoms with van der Waals surface area (Å²) >= 11 is 5.67. The highest BCUT2D eigenvalue weighted by atomic mass is 35.5. The predicted molar refractivity (Wildman–Crippen MR) is 81.6 cm³/mol. The molecule has 136 valence electrons. The average molecular weight is 378 g/mol. The lowest BCUT2D eigenvalue weighted by Gasteiger charge is -2.55. The Kier molecular flexibility index (Phi) is 3.59. The van der Waals surface area contributed by atoms with Crippen LogP contribution in [0.4, 0.5) is 23.8 Å². The lowest BCUT2D eigenvalue weighted by atomic mass is 9.70. The Morgan fingerprint density at radius 2 is 1.96 bits per heavy atom. The number of alkyl carbamates (subject to hydrolysis) is 1. The molecule has 0 aromatic carbocycles. The van der Waals surface area contributed by atoms with Gasteiger partial charge in [-0.25, -0.2) is 9.78 Å². The summed E-state index contributed by atoms with van der Waals surface area (Å²) in [7, 11) is 0. The first-order valence-electron chi connectivity index (χ1n) is 7.81. The quantitative estimate of drug-likeness (QED) is 0.815. The van der Waals surface area contributed by atoms with Gasteiger partial charge in [-0.1, -0.05) is 11.6 Å². The molecule has 25 heavy (non-hydrogen) atoms. The fraction of sp³-hybridized carbons (Fsp3) is 0.600. The standard InChI is InChI=1S/C15H15ClF3N3O3/c16-9-5-10(15(17,18)19)11(20-6-9)22-7-14(8-22)13(21-12(23)25-14)1-3-24-4-2-13/h5-6H,1-4,7-8H2,(H,21,23). The predicted octanol–water partition coefficient (Wildman–Crippen LogP) is 2.60. The van der Waals surface area contributed by atoms with Crippen LogP contribution in [0.2, 0.25) is 5.02 Å². The number of fused-ring (bicyclic) bond motifs is 1. The number of nitrogens with zero attached hydrogens (tertiary/aromatic N) is 2. The number of rotatable bonds is 1. The fourth-order valence-electron chi connectivity index (χ4n) is 3.89. The van der Waals surface area contributed by atoms with Gasteiger partial charge < -0.3 is 19.7 Å². The van der Waals surface area contributed by atoms with Crippen molar-refractivity contribution in [1.29, 1.82) is 0 Å². The Labute approximate surface area is 146 Å². The Balaban J connectivity index is 1.62. The summed E-state index contributed by atoms with van der Waals surface area (Å²) in [5.74, 6) is -0.201. The summed E-state index contributed by atoms with van der Waals surface area (Å²) < 4.78 is 50.7. The van der Waals surface area contributed by atoms with Crippen LogP contribution in [-0.2, 0) is 15.7 Å². The number of amides is 1. The van der Waals surface area contributed by atoms with Crippen molar-refractivity contribution in [2.75, 3.05) is 31.2 Å². The first-order valence-corrected chi connectivity index (χ1v) is 8.19. The fourth-order valence-corrected chi connectivity index (χ4v) is 4.05. The van der Waals surface area contributed by atoms with Crippen LogP contribution >= 0.6 is 11.6 Å². The summed E-state index contributed by atoms with van der Waals surface area (Å²) in [5.41, 5.74) is -2.37. The minimum absolute atomic E-state index is 0.0822. The Hall–Kier alpha value is -1.74. The van der Waals surface area contributed by atoms with Crippen LogP contribution in [0, 0.1) is 0 Å². The van der Waals surface area contributed by atoms with Gasteiger partial charge in [0.15, 0.2) is 5.60 Å². The van der Waals surface area contributed by atoms with Crippen LogP contribution < -0.4 is 10.2 Å². The van der Waals surface area contributed by atoms with Crippen LogP contribution in [0.15, 0.2) is 12.3 Å². The summed E-state index contributed by atoms with van der Waals surface area (Å²) in [5, 5.41) is 2.77. The van der Waals surface area contributed by atoms with Gasteiger partial charge in [0, 0.05) is 19.4 Å². The zero-order valence-electron chi connectivity index (χ0n) is 13.0. The normalized spacial score (nSPS) is 24.2. The third-order valence-electron chi connectivity index (χ3n) is 5.18. The van der Waals surface area contributed by atoms with Gasteiger partial charge in [-0.15, -0.1) is 0 Å². The molecule has 0 bridgehead atoms. The van der Waals surface area contributed by atoms with E-state index in [2.05, 4.69) is 10.3 Å². The highest BCUT2D eigenvalue weighted by Crippen LogP contribution is 2.48. The van der Waals surface area contributed by atoms with Crippen LogP contribution in [0.5, 0.6) is 0 Å². The monoisotopic (exact) mass is 377 g/mol. The molecule has 3 aliphatic heterocycles. The van der Waals surface area contributed by atoms with E-state index < -0.39 is 29.0 Å². The van der Waals surface area contributed by atoms with E-state index in [0.29, 0.717) is 26.1 Å². The molecule has 1 amide bonds. The molecule has 4 rings (SSSR count). The largest absolute Gasteiger partial charge is 0.437 e. The van der Waals surface area contributed by atoms with E-state index in [-0.39, 0.29) is 23.9 Å². The highest BCUT2D eigenvalue weighted by molar-refractivity contribution is 6.30. The molecule has 2 spiro atoms. The van der Waals surface area contributed by atoms with Gasteiger partial charge in [-0.05, 0) is 18.9 Å². The minimum Gasteiger partial charge on any atom is -0.437 e. The van der Waals surface area contributed by atoms with Gasteiger partial charge in [0.25, 0.3) is 0 Å². The third-order valence-corrected chi connectivity index (χ3v) is 5.39. The van der Waals surface area contributed by atoms with E-state index in [0.717, 1.165) is 6.07 Å². The molecule has 0 radical (unpaired) electrons. The number of ether oxygens (including phenoxy) is 2. The molecule has 1 aromatic heterocycles. The first kappa shape index (κ1) is 16.7. The van der Waals surface area contributed by atoms with Crippen LogP contribution in [0.3, 0.4) is 0 Å². The maximum absolute atomic E-state index is 13.3. The van der Waals surface area contributed by atoms with Crippen molar-refractivity contribution in [2.24, 2.45) is 0 Å². The van der Waals surface area contributed by atoms with E-state index in [1.165, 1.54) is 11.1 Å². The van der Waals surface area contributed by atoms with Gasteiger partial charge in [0.05, 0.1) is 29.2 Å². The number of pyridine rings is 1. The van der Waals surface area contributed by atoms with Gasteiger partial charge >= 0.3 is 12.3 Å². The van der Waals surface area contributed by atoms with Crippen molar-refractivity contribution >= 4 is 23.5 Å². The molecule has 0 aliphatic carbocycles. The van der Waals surface area contributed by atoms with E-state index in [1.54, 1.807) is 0 Å². The molecule has 0 unspecified atom stereocenters. The van der Waals surface area contributed by atoms with Crippen LogP contribution in [0.25, 0.3) is 0 Å². The molecule has 4 heterocycles. The summed E-state index contributed by atoms with van der Waals surface area (Å²) in [4.78, 5) is 17.2. The van der Waals surface area contributed by atoms with Crippen molar-refractivity contribution in [3.63, 3.8) is 0 Å². The van der Waals surface area contributed by atoms with Crippen molar-refractivity contribution in [3.05, 3.63) is 22.8 Å². The second-order valence-corrected chi connectivity index (χ2v) is 7.02. The number of halogens is 4. The van der Waals surface area contributed by atoms with Gasteiger partial charge in [-0.2, -0.15) is 13.2 Å². The maximum Gasteiger partial charge on any atom is 0.420 e. The molecule has 0 saturated carbocycles. The Morgan fingerprint density at radius 3 is 2.60 bits per heavy atom. The number of aromatic nitrogens is 1. The van der Waals surface area contributed by atoms with E-state index in [9.17, 15) is 18.0 Å². The number of alkyl halides is 3. The second-order valence-electron chi connectivity index (χ2n) is 6.58. The number of hydrogen-bond acceptors (Lipinski definition) is 5. The molecule has 0 atom stereocenters. The summed E-state index contributed by atoms with van der Waals surface area (Å²) in [6.45, 7) is 1.23. The zero-order chi connectivity index (χ0) is 17.9. The Morgan fingerprint density at radius 1 is 1.28 bits per heavy atom. The SMILES string of the molecule is O=C1NC2(CCOCC2)C2(CN(c3ncc(Cl)cc3C(F)(F)F)C2)O1. The first-order chi connectivity index (χ1) is 11.7. The average Bonchev–Trinajstić information content (AvgIpc) is 2.78. The molecule has 3 fully saturated rings. The van der Waals surface area contributed by atoms with Gasteiger partial charge in [0.1, 0.15) is 5.82 Å². The number of carbonyl (C=O) groups is 1. The molecule has 3 saturated heterocycles. The lowest BCUT2D eigenvalue weighted by molar-refractivity contribution is -0.137. The number of carbonyl (C=O) groups excluding carboxylic acids is 1. The molecule has 10 heteroatoms. The third kappa shape index (κ3) is 2.52.